The maximum Gasteiger partial charge on any atom is 0.201 e. The molecule has 1 aromatic carbocycles. The Hall–Kier alpha value is -1.94. The van der Waals surface area contributed by atoms with Crippen LogP contribution in [0.4, 0.5) is 5.69 Å². The van der Waals surface area contributed by atoms with Crippen molar-refractivity contribution in [2.75, 3.05) is 33.1 Å². The first kappa shape index (κ1) is 16.4. The fourth-order valence-corrected chi connectivity index (χ4v) is 3.19. The lowest BCUT2D eigenvalue weighted by Gasteiger charge is -2.13. The van der Waals surface area contributed by atoms with Gasteiger partial charge in [0.2, 0.25) is 5.36 Å². The minimum Gasteiger partial charge on any atom is -0.378 e. The molecule has 0 radical (unpaired) electrons. The molecule has 0 saturated heterocycles. The van der Waals surface area contributed by atoms with Crippen LogP contribution in [0.25, 0.3) is 20.8 Å². The highest BCUT2D eigenvalue weighted by atomic mass is 32.1. The predicted octanol–water partition coefficient (Wildman–Crippen LogP) is 3.53. The third-order valence-electron chi connectivity index (χ3n) is 3.38. The molecule has 116 valence electrons. The zero-order chi connectivity index (χ0) is 16.3. The highest BCUT2D eigenvalue weighted by Crippen LogP contribution is 2.31. The Balaban J connectivity index is 0.000000847. The van der Waals surface area contributed by atoms with Crippen LogP contribution < -0.4 is 14.8 Å². The van der Waals surface area contributed by atoms with Gasteiger partial charge in [-0.25, -0.2) is 9.56 Å². The van der Waals surface area contributed by atoms with Crippen molar-refractivity contribution in [3.63, 3.8) is 0 Å². The van der Waals surface area contributed by atoms with E-state index < -0.39 is 0 Å². The Bertz CT molecular complexity index is 814. The first-order valence-electron chi connectivity index (χ1n) is 7.57. The second-order valence-corrected chi connectivity index (χ2v) is 6.39. The Kier molecular flexibility index (Phi) is 5.14. The number of aromatic nitrogens is 1. The van der Waals surface area contributed by atoms with E-state index in [1.54, 1.807) is 11.3 Å². The van der Waals surface area contributed by atoms with Crippen molar-refractivity contribution in [1.82, 2.24) is 9.56 Å². The minimum absolute atomic E-state index is 1.06. The number of hydrogen-bond donors (Lipinski definition) is 0. The van der Waals surface area contributed by atoms with Gasteiger partial charge in [-0.1, -0.05) is 13.8 Å². The lowest BCUT2D eigenvalue weighted by molar-refractivity contribution is 0.814. The molecule has 0 N–H and O–H groups in total. The standard InChI is InChI=1S/C16H18N3S.C2H6/c1-18(2)11-5-7-13-15(9-11)20-16-10-12(19(3)4)6-8-14(16)17-13;1-2/h5-10H,1-4H3;1-2H3/q+1;. The third kappa shape index (κ3) is 3.28. The zero-order valence-electron chi connectivity index (χ0n) is 14.2. The van der Waals surface area contributed by atoms with Crippen LogP contribution in [0.2, 0.25) is 0 Å². The van der Waals surface area contributed by atoms with E-state index in [1.807, 2.05) is 13.8 Å². The average Bonchev–Trinajstić information content (AvgIpc) is 2.53. The smallest absolute Gasteiger partial charge is 0.201 e. The van der Waals surface area contributed by atoms with Crippen LogP contribution in [0.15, 0.2) is 36.4 Å². The van der Waals surface area contributed by atoms with Crippen molar-refractivity contribution in [1.29, 1.82) is 0 Å². The van der Waals surface area contributed by atoms with Crippen molar-refractivity contribution >= 4 is 27.2 Å². The molecule has 0 unspecified atom stereocenters. The molecule has 4 heteroatoms. The highest BCUT2D eigenvalue weighted by molar-refractivity contribution is 7.21. The third-order valence-corrected chi connectivity index (χ3v) is 4.47. The Morgan fingerprint density at radius 2 is 1.73 bits per heavy atom. The first-order chi connectivity index (χ1) is 10.5. The maximum atomic E-state index is 4.75. The zero-order valence-corrected chi connectivity index (χ0v) is 15.0. The molecule has 0 bridgehead atoms. The summed E-state index contributed by atoms with van der Waals surface area (Å²) in [7, 11) is 8.24. The maximum absolute atomic E-state index is 4.75. The summed E-state index contributed by atoms with van der Waals surface area (Å²) >= 11 is 1.80. The molecule has 2 aliphatic rings. The predicted molar refractivity (Wildman–Crippen MR) is 99.0 cm³/mol. The lowest BCUT2D eigenvalue weighted by atomic mass is 10.2. The van der Waals surface area contributed by atoms with Gasteiger partial charge >= 0.3 is 0 Å². The fourth-order valence-electron chi connectivity index (χ4n) is 2.16. The first-order valence-corrected chi connectivity index (χ1v) is 8.38. The molecule has 0 fully saturated rings. The molecule has 1 aromatic rings. The van der Waals surface area contributed by atoms with E-state index in [1.165, 1.54) is 20.6 Å². The van der Waals surface area contributed by atoms with E-state index in [4.69, 9.17) is 4.98 Å². The van der Waals surface area contributed by atoms with Gasteiger partial charge in [-0.3, -0.25) is 0 Å². The summed E-state index contributed by atoms with van der Waals surface area (Å²) in [6.45, 7) is 4.00. The van der Waals surface area contributed by atoms with Gasteiger partial charge < -0.3 is 4.90 Å². The molecule has 0 spiro atoms. The average molecular weight is 314 g/mol. The Labute approximate surface area is 136 Å². The number of anilines is 1. The topological polar surface area (TPSA) is 19.1 Å². The van der Waals surface area contributed by atoms with Gasteiger partial charge in [0.1, 0.15) is 14.1 Å². The highest BCUT2D eigenvalue weighted by Gasteiger charge is 2.09. The van der Waals surface area contributed by atoms with Crippen molar-refractivity contribution < 1.29 is 0 Å². The monoisotopic (exact) mass is 314 g/mol. The van der Waals surface area contributed by atoms with Gasteiger partial charge in [0.05, 0.1) is 20.8 Å². The van der Waals surface area contributed by atoms with Crippen LogP contribution in [0, 0.1) is 0 Å². The van der Waals surface area contributed by atoms with Crippen LogP contribution in [0.1, 0.15) is 13.8 Å². The van der Waals surface area contributed by atoms with Crippen LogP contribution in [0.3, 0.4) is 0 Å². The molecule has 3 rings (SSSR count). The number of fused-ring (bicyclic) bond motifs is 2. The van der Waals surface area contributed by atoms with Crippen molar-refractivity contribution in [3.05, 3.63) is 41.8 Å². The number of rotatable bonds is 1. The molecule has 0 atom stereocenters. The second-order valence-electron chi connectivity index (χ2n) is 5.31. The molecule has 22 heavy (non-hydrogen) atoms. The van der Waals surface area contributed by atoms with Crippen LogP contribution in [-0.4, -0.2) is 33.2 Å². The molecule has 1 heterocycles. The summed E-state index contributed by atoms with van der Waals surface area (Å²) in [5.41, 5.74) is 3.33. The number of hydrogen-bond acceptors (Lipinski definition) is 3. The minimum atomic E-state index is 1.06. The van der Waals surface area contributed by atoms with Gasteiger partial charge in [-0.05, 0) is 24.3 Å². The quantitative estimate of drug-likeness (QED) is 0.505. The normalized spacial score (nSPS) is 10.3. The van der Waals surface area contributed by atoms with E-state index in [2.05, 4.69) is 74.1 Å². The fraction of sp³-hybridized carbons (Fsp3) is 0.333. The summed E-state index contributed by atoms with van der Waals surface area (Å²) in [5, 5.41) is 1.21. The van der Waals surface area contributed by atoms with E-state index in [0.29, 0.717) is 0 Å². The van der Waals surface area contributed by atoms with Crippen molar-refractivity contribution in [2.45, 2.75) is 13.8 Å². The summed E-state index contributed by atoms with van der Waals surface area (Å²) < 4.78 is 3.34. The molecular formula is C18H24N3S+. The van der Waals surface area contributed by atoms with Gasteiger partial charge in [0.15, 0.2) is 0 Å². The van der Waals surface area contributed by atoms with Crippen LogP contribution >= 0.6 is 11.3 Å². The van der Waals surface area contributed by atoms with Gasteiger partial charge in [0, 0.05) is 31.9 Å². The van der Waals surface area contributed by atoms with E-state index >= 15 is 0 Å². The van der Waals surface area contributed by atoms with Crippen LogP contribution in [-0.2, 0) is 0 Å². The summed E-state index contributed by atoms with van der Waals surface area (Å²) in [6.07, 6.45) is 0. The molecular weight excluding hydrogens is 290 g/mol. The van der Waals surface area contributed by atoms with E-state index in [9.17, 15) is 0 Å². The molecule has 1 aliphatic carbocycles. The second kappa shape index (κ2) is 6.88. The SMILES string of the molecule is CC.CN(C)c1ccc2nc3ccc(=[N+](C)C)cc-3sc2c1. The lowest BCUT2D eigenvalue weighted by Crippen LogP contribution is -2.21. The number of nitrogens with zero attached hydrogens (tertiary/aromatic N) is 3. The van der Waals surface area contributed by atoms with Crippen LogP contribution in [0.5, 0.6) is 0 Å². The molecule has 0 amide bonds. The van der Waals surface area contributed by atoms with E-state index in [-0.39, 0.29) is 0 Å². The molecule has 0 aromatic heterocycles. The number of benzene rings is 2. The molecule has 1 aliphatic heterocycles. The summed E-state index contributed by atoms with van der Waals surface area (Å²) in [6, 6.07) is 12.8. The molecule has 0 saturated carbocycles. The summed E-state index contributed by atoms with van der Waals surface area (Å²) in [5.74, 6) is 0. The summed E-state index contributed by atoms with van der Waals surface area (Å²) in [4.78, 5) is 8.09. The van der Waals surface area contributed by atoms with Crippen molar-refractivity contribution in [3.8, 4) is 10.6 Å². The van der Waals surface area contributed by atoms with E-state index in [0.717, 1.165) is 11.2 Å². The molecule has 3 nitrogen and oxygen atoms in total. The van der Waals surface area contributed by atoms with Gasteiger partial charge in [0.25, 0.3) is 0 Å². The van der Waals surface area contributed by atoms with Crippen molar-refractivity contribution in [2.24, 2.45) is 0 Å². The Morgan fingerprint density at radius 3 is 2.36 bits per heavy atom. The van der Waals surface area contributed by atoms with Gasteiger partial charge in [-0.15, -0.1) is 11.3 Å². The Morgan fingerprint density at radius 1 is 1.00 bits per heavy atom. The largest absolute Gasteiger partial charge is 0.378 e. The van der Waals surface area contributed by atoms with Gasteiger partial charge in [-0.2, -0.15) is 0 Å².